The molecule has 1 aliphatic heterocycles. The number of pyridine rings is 1. The molecular formula is C29H25FN8O. The highest BCUT2D eigenvalue weighted by Crippen LogP contribution is 2.34. The van der Waals surface area contributed by atoms with Gasteiger partial charge in [-0.1, -0.05) is 12.1 Å². The van der Waals surface area contributed by atoms with Crippen molar-refractivity contribution in [2.75, 3.05) is 26.2 Å². The van der Waals surface area contributed by atoms with Gasteiger partial charge < -0.3 is 9.72 Å². The van der Waals surface area contributed by atoms with E-state index in [1.54, 1.807) is 18.6 Å². The van der Waals surface area contributed by atoms with Gasteiger partial charge in [-0.05, 0) is 55.8 Å². The van der Waals surface area contributed by atoms with Crippen LogP contribution in [0.2, 0.25) is 0 Å². The van der Waals surface area contributed by atoms with Crippen LogP contribution in [0.5, 0.6) is 5.75 Å². The average Bonchev–Trinajstić information content (AvgIpc) is 3.72. The Kier molecular flexibility index (Phi) is 5.93. The predicted octanol–water partition coefficient (Wildman–Crippen LogP) is 5.24. The number of likely N-dealkylation sites (tertiary alicyclic amines) is 1. The van der Waals surface area contributed by atoms with Crippen LogP contribution in [-0.2, 0) is 0 Å². The van der Waals surface area contributed by atoms with Crippen LogP contribution in [0.25, 0.3) is 55.8 Å². The lowest BCUT2D eigenvalue weighted by Crippen LogP contribution is -2.25. The zero-order chi connectivity index (χ0) is 26.2. The Morgan fingerprint density at radius 2 is 1.82 bits per heavy atom. The summed E-state index contributed by atoms with van der Waals surface area (Å²) in [6.07, 6.45) is 9.12. The number of H-pyrrole nitrogens is 2. The summed E-state index contributed by atoms with van der Waals surface area (Å²) in [4.78, 5) is 23.4. The highest BCUT2D eigenvalue weighted by Gasteiger charge is 2.17. The number of nitrogens with zero attached hydrogens (tertiary/aromatic N) is 6. The van der Waals surface area contributed by atoms with Crippen molar-refractivity contribution < 1.29 is 9.13 Å². The quantitative estimate of drug-likeness (QED) is 0.296. The summed E-state index contributed by atoms with van der Waals surface area (Å²) in [5, 5.41) is 8.42. The number of imidazole rings is 1. The Balaban J connectivity index is 1.23. The van der Waals surface area contributed by atoms with E-state index in [2.05, 4.69) is 35.0 Å². The Morgan fingerprint density at radius 1 is 0.949 bits per heavy atom. The molecule has 194 valence electrons. The fraction of sp³-hybridized carbons (Fsp3) is 0.207. The molecule has 0 radical (unpaired) electrons. The van der Waals surface area contributed by atoms with Crippen LogP contribution in [0.4, 0.5) is 4.39 Å². The molecule has 0 saturated carbocycles. The third-order valence-electron chi connectivity index (χ3n) is 7.10. The second-order valence-electron chi connectivity index (χ2n) is 9.67. The molecule has 1 aliphatic rings. The predicted molar refractivity (Wildman–Crippen MR) is 147 cm³/mol. The van der Waals surface area contributed by atoms with Crippen molar-refractivity contribution in [1.29, 1.82) is 0 Å². The van der Waals surface area contributed by atoms with Crippen LogP contribution in [0.1, 0.15) is 12.8 Å². The number of nitrogens with one attached hydrogen (secondary N) is 2. The van der Waals surface area contributed by atoms with Crippen LogP contribution in [0, 0.1) is 5.82 Å². The summed E-state index contributed by atoms with van der Waals surface area (Å²) in [5.41, 5.74) is 6.06. The zero-order valence-corrected chi connectivity index (χ0v) is 21.1. The molecule has 2 N–H and O–H groups in total. The minimum atomic E-state index is -0.348. The third kappa shape index (κ3) is 4.59. The van der Waals surface area contributed by atoms with Crippen LogP contribution in [0.3, 0.4) is 0 Å². The van der Waals surface area contributed by atoms with E-state index in [0.29, 0.717) is 29.4 Å². The van der Waals surface area contributed by atoms with E-state index < -0.39 is 0 Å². The first-order chi connectivity index (χ1) is 19.2. The van der Waals surface area contributed by atoms with E-state index in [1.165, 1.54) is 31.3 Å². The van der Waals surface area contributed by atoms with Crippen LogP contribution >= 0.6 is 0 Å². The molecule has 0 unspecified atom stereocenters. The molecule has 9 nitrogen and oxygen atoms in total. The van der Waals surface area contributed by atoms with Gasteiger partial charge in [-0.2, -0.15) is 5.10 Å². The molecule has 0 atom stereocenters. The lowest BCUT2D eigenvalue weighted by atomic mass is 10.0. The first-order valence-electron chi connectivity index (χ1n) is 13.0. The first-order valence-corrected chi connectivity index (χ1v) is 13.0. The van der Waals surface area contributed by atoms with Crippen molar-refractivity contribution in [1.82, 2.24) is 40.0 Å². The molecule has 1 fully saturated rings. The van der Waals surface area contributed by atoms with Crippen molar-refractivity contribution in [3.8, 4) is 39.7 Å². The van der Waals surface area contributed by atoms with Crippen LogP contribution in [-0.4, -0.2) is 66.3 Å². The van der Waals surface area contributed by atoms with E-state index in [1.807, 2.05) is 30.3 Å². The molecule has 0 spiro atoms. The smallest absolute Gasteiger partial charge is 0.159 e. The van der Waals surface area contributed by atoms with Crippen molar-refractivity contribution >= 4 is 21.9 Å². The molecule has 0 bridgehead atoms. The molecule has 7 rings (SSSR count). The van der Waals surface area contributed by atoms with Gasteiger partial charge in [0.1, 0.15) is 30.2 Å². The number of hydrogen-bond donors (Lipinski definition) is 2. The van der Waals surface area contributed by atoms with Gasteiger partial charge >= 0.3 is 0 Å². The number of rotatable bonds is 7. The molecular weight excluding hydrogens is 495 g/mol. The number of aromatic amines is 2. The molecule has 4 aromatic heterocycles. The van der Waals surface area contributed by atoms with Gasteiger partial charge in [-0.25, -0.2) is 19.3 Å². The fourth-order valence-corrected chi connectivity index (χ4v) is 5.16. The maximum Gasteiger partial charge on any atom is 0.159 e. The minimum Gasteiger partial charge on any atom is -0.492 e. The van der Waals surface area contributed by atoms with Crippen molar-refractivity contribution in [3.05, 3.63) is 73.2 Å². The van der Waals surface area contributed by atoms with Crippen molar-refractivity contribution in [2.24, 2.45) is 0 Å². The number of ether oxygens (including phenoxy) is 1. The summed E-state index contributed by atoms with van der Waals surface area (Å²) in [7, 11) is 0. The Morgan fingerprint density at radius 3 is 2.69 bits per heavy atom. The largest absolute Gasteiger partial charge is 0.492 e. The van der Waals surface area contributed by atoms with Gasteiger partial charge in [0.2, 0.25) is 0 Å². The first kappa shape index (κ1) is 23.4. The van der Waals surface area contributed by atoms with Crippen LogP contribution in [0.15, 0.2) is 67.4 Å². The second kappa shape index (κ2) is 9.88. The monoisotopic (exact) mass is 520 g/mol. The van der Waals surface area contributed by atoms with E-state index in [4.69, 9.17) is 9.72 Å². The van der Waals surface area contributed by atoms with Crippen LogP contribution < -0.4 is 4.74 Å². The number of fused-ring (bicyclic) bond motifs is 2. The average molecular weight is 521 g/mol. The Hall–Kier alpha value is -4.70. The number of para-hydroxylation sites is 1. The van der Waals surface area contributed by atoms with E-state index in [9.17, 15) is 4.39 Å². The third-order valence-corrected chi connectivity index (χ3v) is 7.10. The highest BCUT2D eigenvalue weighted by atomic mass is 19.1. The topological polar surface area (TPSA) is 108 Å². The molecule has 39 heavy (non-hydrogen) atoms. The number of aromatic nitrogens is 7. The number of hydrogen-bond acceptors (Lipinski definition) is 7. The molecule has 6 aromatic rings. The van der Waals surface area contributed by atoms with Crippen molar-refractivity contribution in [2.45, 2.75) is 12.8 Å². The number of halogens is 1. The summed E-state index contributed by atoms with van der Waals surface area (Å²) in [6, 6.07) is 12.6. The SMILES string of the molecule is Fc1cc(OCCN2CCCC2)cc(-c2cccc3[nH]c(-c4n[nH]c5cnc(-c6cncnc6)cc45)nc23)c1. The maximum absolute atomic E-state index is 14.7. The lowest BCUT2D eigenvalue weighted by molar-refractivity contribution is 0.237. The highest BCUT2D eigenvalue weighted by molar-refractivity contribution is 5.97. The van der Waals surface area contributed by atoms with E-state index in [-0.39, 0.29) is 5.82 Å². The lowest BCUT2D eigenvalue weighted by Gasteiger charge is -2.15. The summed E-state index contributed by atoms with van der Waals surface area (Å²) >= 11 is 0. The molecule has 0 aliphatic carbocycles. The summed E-state index contributed by atoms with van der Waals surface area (Å²) < 4.78 is 20.6. The standard InChI is InChI=1S/C29H25FN8O/c30-20-10-18(11-21(12-20)39-9-8-38-6-1-2-7-38)22-4-3-5-24-27(22)35-29(34-24)28-23-13-25(19-14-31-17-32-15-19)33-16-26(23)36-37-28/h3-5,10-17H,1-2,6-9H2,(H,34,35)(H,36,37). The van der Waals surface area contributed by atoms with Gasteiger partial charge in [0.05, 0.1) is 28.4 Å². The van der Waals surface area contributed by atoms with Gasteiger partial charge in [-0.15, -0.1) is 0 Å². The van der Waals surface area contributed by atoms with E-state index >= 15 is 0 Å². The molecule has 10 heteroatoms. The summed E-state index contributed by atoms with van der Waals surface area (Å²) in [6.45, 7) is 3.57. The molecule has 5 heterocycles. The Labute approximate surface area is 223 Å². The van der Waals surface area contributed by atoms with E-state index in [0.717, 1.165) is 58.4 Å². The molecule has 2 aromatic carbocycles. The zero-order valence-electron chi connectivity index (χ0n) is 21.1. The normalized spacial score (nSPS) is 14.0. The minimum absolute atomic E-state index is 0.348. The van der Waals surface area contributed by atoms with Gasteiger partial charge in [0, 0.05) is 41.5 Å². The molecule has 1 saturated heterocycles. The summed E-state index contributed by atoms with van der Waals surface area (Å²) in [5.74, 6) is 0.767. The van der Waals surface area contributed by atoms with Gasteiger partial charge in [-0.3, -0.25) is 15.0 Å². The fourth-order valence-electron chi connectivity index (χ4n) is 5.16. The maximum atomic E-state index is 14.7. The number of benzene rings is 2. The van der Waals surface area contributed by atoms with Gasteiger partial charge in [0.25, 0.3) is 0 Å². The molecule has 0 amide bonds. The second-order valence-corrected chi connectivity index (χ2v) is 9.67. The Bertz CT molecular complexity index is 1780. The van der Waals surface area contributed by atoms with Gasteiger partial charge in [0.15, 0.2) is 5.82 Å². The van der Waals surface area contributed by atoms with Crippen molar-refractivity contribution in [3.63, 3.8) is 0 Å².